The molecule has 2 aromatic carbocycles. The lowest BCUT2D eigenvalue weighted by molar-refractivity contribution is 0.0600. The van der Waals surface area contributed by atoms with Gasteiger partial charge in [-0.05, 0) is 24.3 Å². The molecule has 0 unspecified atom stereocenters. The Bertz CT molecular complexity index is 1050. The quantitative estimate of drug-likeness (QED) is 0.397. The number of hydrogen-bond donors (Lipinski definition) is 2. The van der Waals surface area contributed by atoms with E-state index in [0.717, 1.165) is 5.56 Å². The highest BCUT2D eigenvalue weighted by molar-refractivity contribution is 5.95. The van der Waals surface area contributed by atoms with Crippen LogP contribution in [-0.4, -0.2) is 51.3 Å². The molecule has 1 heterocycles. The monoisotopic (exact) mass is 425 g/mol. The van der Waals surface area contributed by atoms with Gasteiger partial charge in [-0.25, -0.2) is 9.78 Å². The zero-order valence-electron chi connectivity index (χ0n) is 17.4. The highest BCUT2D eigenvalue weighted by Crippen LogP contribution is 2.27. The Morgan fingerprint density at radius 3 is 2.48 bits per heavy atom. The fourth-order valence-electron chi connectivity index (χ4n) is 2.77. The van der Waals surface area contributed by atoms with Gasteiger partial charge < -0.3 is 29.3 Å². The molecule has 1 aromatic heterocycles. The van der Waals surface area contributed by atoms with Crippen LogP contribution in [0.4, 0.5) is 11.7 Å². The first-order valence-corrected chi connectivity index (χ1v) is 9.42. The fraction of sp³-hybridized carbons (Fsp3) is 0.227. The number of amides is 1. The molecule has 3 rings (SSSR count). The van der Waals surface area contributed by atoms with Crippen molar-refractivity contribution < 1.29 is 28.2 Å². The summed E-state index contributed by atoms with van der Waals surface area (Å²) in [6.07, 6.45) is 1.56. The highest BCUT2D eigenvalue weighted by atomic mass is 16.5. The van der Waals surface area contributed by atoms with Gasteiger partial charge in [0.1, 0.15) is 5.75 Å². The van der Waals surface area contributed by atoms with Crippen molar-refractivity contribution in [1.29, 1.82) is 0 Å². The fourth-order valence-corrected chi connectivity index (χ4v) is 2.77. The van der Waals surface area contributed by atoms with Gasteiger partial charge in [0.15, 0.2) is 5.76 Å². The van der Waals surface area contributed by atoms with Gasteiger partial charge in [-0.3, -0.25) is 4.79 Å². The molecule has 0 spiro atoms. The van der Waals surface area contributed by atoms with Crippen molar-refractivity contribution in [3.05, 3.63) is 59.8 Å². The van der Waals surface area contributed by atoms with Crippen LogP contribution in [0.2, 0.25) is 0 Å². The minimum Gasteiger partial charge on any atom is -0.497 e. The molecule has 162 valence electrons. The zero-order chi connectivity index (χ0) is 22.2. The Balaban J connectivity index is 1.75. The molecule has 31 heavy (non-hydrogen) atoms. The summed E-state index contributed by atoms with van der Waals surface area (Å²) in [7, 11) is 4.42. The number of aromatic nitrogens is 1. The summed E-state index contributed by atoms with van der Waals surface area (Å²) in [5.41, 5.74) is 2.18. The summed E-state index contributed by atoms with van der Waals surface area (Å²) < 4.78 is 20.7. The van der Waals surface area contributed by atoms with Crippen LogP contribution in [0.5, 0.6) is 5.75 Å². The third-order valence-corrected chi connectivity index (χ3v) is 4.34. The SMILES string of the molecule is COCCNC(=O)c1cc(Nc2ncc(-c3ccc(C(=O)OC)cc3)o2)cc(OC)c1. The van der Waals surface area contributed by atoms with Crippen molar-refractivity contribution in [3.63, 3.8) is 0 Å². The Labute approximate surface area is 179 Å². The van der Waals surface area contributed by atoms with Gasteiger partial charge in [-0.1, -0.05) is 12.1 Å². The topological polar surface area (TPSA) is 112 Å². The standard InChI is InChI=1S/C22H23N3O6/c1-28-9-8-23-20(26)16-10-17(12-18(11-16)29-2)25-22-24-13-19(31-22)14-4-6-15(7-5-14)21(27)30-3/h4-7,10-13H,8-9H2,1-3H3,(H,23,26)(H,24,25). The molecule has 0 saturated carbocycles. The van der Waals surface area contributed by atoms with E-state index in [-0.39, 0.29) is 11.9 Å². The Morgan fingerprint density at radius 1 is 1.03 bits per heavy atom. The lowest BCUT2D eigenvalue weighted by Crippen LogP contribution is -2.27. The van der Waals surface area contributed by atoms with Gasteiger partial charge in [0.05, 0.1) is 32.6 Å². The van der Waals surface area contributed by atoms with E-state index in [1.807, 2.05) is 0 Å². The molecule has 0 saturated heterocycles. The third kappa shape index (κ3) is 5.61. The molecule has 0 aliphatic heterocycles. The second-order valence-electron chi connectivity index (χ2n) is 6.42. The molecule has 0 aliphatic carbocycles. The van der Waals surface area contributed by atoms with Crippen molar-refractivity contribution in [2.24, 2.45) is 0 Å². The summed E-state index contributed by atoms with van der Waals surface area (Å²) in [5, 5.41) is 5.80. The maximum atomic E-state index is 12.4. The molecule has 2 N–H and O–H groups in total. The normalized spacial score (nSPS) is 10.4. The molecule has 1 amide bonds. The first kappa shape index (κ1) is 21.8. The van der Waals surface area contributed by atoms with Crippen LogP contribution in [0.25, 0.3) is 11.3 Å². The number of rotatable bonds is 9. The number of hydrogen-bond acceptors (Lipinski definition) is 8. The van der Waals surface area contributed by atoms with Gasteiger partial charge in [-0.15, -0.1) is 0 Å². The van der Waals surface area contributed by atoms with Crippen LogP contribution >= 0.6 is 0 Å². The van der Waals surface area contributed by atoms with E-state index in [1.54, 1.807) is 55.8 Å². The number of nitrogens with one attached hydrogen (secondary N) is 2. The van der Waals surface area contributed by atoms with Crippen LogP contribution in [0.1, 0.15) is 20.7 Å². The minimum absolute atomic E-state index is 0.242. The molecule has 0 radical (unpaired) electrons. The average Bonchev–Trinajstić information content (AvgIpc) is 3.26. The molecule has 9 nitrogen and oxygen atoms in total. The number of methoxy groups -OCH3 is 3. The first-order valence-electron chi connectivity index (χ1n) is 9.42. The van der Waals surface area contributed by atoms with Crippen LogP contribution < -0.4 is 15.4 Å². The van der Waals surface area contributed by atoms with E-state index in [0.29, 0.717) is 41.5 Å². The largest absolute Gasteiger partial charge is 0.497 e. The number of oxazole rings is 1. The van der Waals surface area contributed by atoms with Crippen LogP contribution in [-0.2, 0) is 9.47 Å². The number of ether oxygens (including phenoxy) is 3. The average molecular weight is 425 g/mol. The molecule has 0 bridgehead atoms. The molecule has 0 aliphatic rings. The van der Waals surface area contributed by atoms with Gasteiger partial charge in [0, 0.05) is 36.5 Å². The number of nitrogens with zero attached hydrogens (tertiary/aromatic N) is 1. The van der Waals surface area contributed by atoms with Crippen molar-refractivity contribution in [2.45, 2.75) is 0 Å². The molecule has 9 heteroatoms. The van der Waals surface area contributed by atoms with Crippen LogP contribution in [0.3, 0.4) is 0 Å². The highest BCUT2D eigenvalue weighted by Gasteiger charge is 2.12. The number of carbonyl (C=O) groups is 2. The maximum Gasteiger partial charge on any atom is 0.337 e. The second-order valence-corrected chi connectivity index (χ2v) is 6.42. The lowest BCUT2D eigenvalue weighted by atomic mass is 10.1. The van der Waals surface area contributed by atoms with E-state index in [9.17, 15) is 9.59 Å². The smallest absolute Gasteiger partial charge is 0.337 e. The molecule has 3 aromatic rings. The zero-order valence-corrected chi connectivity index (χ0v) is 17.4. The Hall–Kier alpha value is -3.85. The number of esters is 1. The van der Waals surface area contributed by atoms with E-state index >= 15 is 0 Å². The van der Waals surface area contributed by atoms with E-state index in [1.165, 1.54) is 14.2 Å². The molecule has 0 atom stereocenters. The molecule has 0 fully saturated rings. The van der Waals surface area contributed by atoms with Crippen LogP contribution in [0.15, 0.2) is 53.1 Å². The first-order chi connectivity index (χ1) is 15.0. The van der Waals surface area contributed by atoms with E-state index in [2.05, 4.69) is 15.6 Å². The lowest BCUT2D eigenvalue weighted by Gasteiger charge is -2.10. The van der Waals surface area contributed by atoms with E-state index in [4.69, 9.17) is 18.6 Å². The maximum absolute atomic E-state index is 12.4. The predicted octanol–water partition coefficient (Wildman–Crippen LogP) is 3.26. The summed E-state index contributed by atoms with van der Waals surface area (Å²) in [6.45, 7) is 0.813. The summed E-state index contributed by atoms with van der Waals surface area (Å²) >= 11 is 0. The summed E-state index contributed by atoms with van der Waals surface area (Å²) in [5.74, 6) is 0.357. The Morgan fingerprint density at radius 2 is 1.81 bits per heavy atom. The Kier molecular flexibility index (Phi) is 7.23. The number of anilines is 2. The van der Waals surface area contributed by atoms with E-state index < -0.39 is 5.97 Å². The summed E-state index contributed by atoms with van der Waals surface area (Å²) in [6, 6.07) is 12.0. The van der Waals surface area contributed by atoms with Gasteiger partial charge in [-0.2, -0.15) is 0 Å². The molecular formula is C22H23N3O6. The summed E-state index contributed by atoms with van der Waals surface area (Å²) in [4.78, 5) is 28.1. The number of carbonyl (C=O) groups excluding carboxylic acids is 2. The third-order valence-electron chi connectivity index (χ3n) is 4.34. The minimum atomic E-state index is -0.411. The van der Waals surface area contributed by atoms with Crippen molar-refractivity contribution in [2.75, 3.05) is 39.8 Å². The predicted molar refractivity (Wildman–Crippen MR) is 114 cm³/mol. The van der Waals surface area contributed by atoms with Gasteiger partial charge in [0.25, 0.3) is 11.9 Å². The molecular weight excluding hydrogens is 402 g/mol. The second kappa shape index (κ2) is 10.3. The van der Waals surface area contributed by atoms with Crippen molar-refractivity contribution in [3.8, 4) is 17.1 Å². The van der Waals surface area contributed by atoms with Gasteiger partial charge in [0.2, 0.25) is 0 Å². The van der Waals surface area contributed by atoms with Crippen molar-refractivity contribution in [1.82, 2.24) is 10.3 Å². The van der Waals surface area contributed by atoms with Gasteiger partial charge >= 0.3 is 5.97 Å². The number of benzene rings is 2. The van der Waals surface area contributed by atoms with Crippen LogP contribution in [0, 0.1) is 0 Å². The van der Waals surface area contributed by atoms with Crippen molar-refractivity contribution >= 4 is 23.6 Å².